The molecule has 2 aromatic rings. The second-order valence-electron chi connectivity index (χ2n) is 12.4. The normalized spacial score (nSPS) is 22.5. The number of halogens is 1. The number of nitrogens with zero attached hydrogens (tertiary/aromatic N) is 2. The van der Waals surface area contributed by atoms with Gasteiger partial charge in [0.25, 0.3) is 0 Å². The van der Waals surface area contributed by atoms with Gasteiger partial charge < -0.3 is 30.9 Å². The summed E-state index contributed by atoms with van der Waals surface area (Å²) in [6, 6.07) is 11.5. The molecule has 2 atom stereocenters. The van der Waals surface area contributed by atoms with Crippen LogP contribution in [0.3, 0.4) is 0 Å². The summed E-state index contributed by atoms with van der Waals surface area (Å²) < 4.78 is 24.0. The third-order valence-electron chi connectivity index (χ3n) is 9.17. The second-order valence-corrected chi connectivity index (χ2v) is 12.8. The van der Waals surface area contributed by atoms with Gasteiger partial charge in [0, 0.05) is 34.9 Å². The Morgan fingerprint density at radius 3 is 2.29 bits per heavy atom. The van der Waals surface area contributed by atoms with Crippen LogP contribution in [0.5, 0.6) is 5.75 Å². The number of piperazine rings is 1. The molecule has 0 aromatic heterocycles. The lowest BCUT2D eigenvalue weighted by Gasteiger charge is -2.42. The molecule has 2 saturated carbocycles. The summed E-state index contributed by atoms with van der Waals surface area (Å²) in [7, 11) is 0. The molecule has 1 heterocycles. The molecule has 2 aliphatic carbocycles. The van der Waals surface area contributed by atoms with Crippen molar-refractivity contribution in [3.8, 4) is 5.75 Å². The second kappa shape index (κ2) is 16.4. The van der Waals surface area contributed by atoms with Crippen molar-refractivity contribution in [2.45, 2.75) is 102 Å². The minimum Gasteiger partial charge on any atom is -0.409 e. The number of nitrogens with one attached hydrogen (secondary N) is 2. The van der Waals surface area contributed by atoms with E-state index in [0.29, 0.717) is 32.2 Å². The molecule has 244 valence electrons. The van der Waals surface area contributed by atoms with Crippen LogP contribution in [0.2, 0.25) is 5.02 Å². The van der Waals surface area contributed by atoms with Crippen LogP contribution in [0, 0.1) is 5.89 Å². The molecule has 1 aliphatic heterocycles. The zero-order valence-corrected chi connectivity index (χ0v) is 26.8. The molecule has 5 rings (SSSR count). The van der Waals surface area contributed by atoms with Crippen LogP contribution >= 0.6 is 11.6 Å². The molecule has 9 nitrogen and oxygen atoms in total. The zero-order chi connectivity index (χ0) is 33.4. The van der Waals surface area contributed by atoms with Gasteiger partial charge in [0.2, 0.25) is 11.8 Å². The minimum atomic E-state index is -0.997. The van der Waals surface area contributed by atoms with Gasteiger partial charge >= 0.3 is 6.09 Å². The molecule has 0 bridgehead atoms. The summed E-state index contributed by atoms with van der Waals surface area (Å²) in [6.07, 6.45) is 8.16. The third kappa shape index (κ3) is 9.21. The largest absolute Gasteiger partial charge is 0.415 e. The fourth-order valence-electron chi connectivity index (χ4n) is 6.54. The van der Waals surface area contributed by atoms with Crippen molar-refractivity contribution in [1.29, 1.82) is 0 Å². The molecular weight excluding hydrogens is 590 g/mol. The Bertz CT molecular complexity index is 1360. The highest BCUT2D eigenvalue weighted by Crippen LogP contribution is 2.30. The Hall–Kier alpha value is -3.14. The highest BCUT2D eigenvalue weighted by atomic mass is 35.5. The van der Waals surface area contributed by atoms with Crippen molar-refractivity contribution in [2.75, 3.05) is 19.6 Å². The summed E-state index contributed by atoms with van der Waals surface area (Å²) in [6.45, 7) is 0.843. The highest BCUT2D eigenvalue weighted by Gasteiger charge is 2.41. The summed E-state index contributed by atoms with van der Waals surface area (Å²) >= 11 is 6.23. The molecule has 3 fully saturated rings. The number of benzene rings is 2. The number of carbonyl (C=O) groups is 3. The lowest BCUT2D eigenvalue weighted by molar-refractivity contribution is -0.145. The van der Waals surface area contributed by atoms with Gasteiger partial charge in [0.05, 0.1) is 17.6 Å². The fraction of sp³-hybridized carbons (Fsp3) is 0.571. The van der Waals surface area contributed by atoms with Crippen LogP contribution in [-0.4, -0.2) is 65.4 Å². The molecule has 3 aliphatic rings. The van der Waals surface area contributed by atoms with Gasteiger partial charge in [-0.05, 0) is 48.4 Å². The van der Waals surface area contributed by atoms with Crippen molar-refractivity contribution >= 4 is 29.5 Å². The van der Waals surface area contributed by atoms with Crippen molar-refractivity contribution in [3.05, 3.63) is 64.7 Å². The predicted molar refractivity (Wildman–Crippen MR) is 176 cm³/mol. The smallest absolute Gasteiger partial charge is 0.409 e. The van der Waals surface area contributed by atoms with E-state index in [1.165, 1.54) is 4.90 Å². The first-order valence-corrected chi connectivity index (χ1v) is 16.8. The van der Waals surface area contributed by atoms with E-state index in [-0.39, 0.29) is 49.3 Å². The predicted octanol–water partition coefficient (Wildman–Crippen LogP) is 5.39. The van der Waals surface area contributed by atoms with Gasteiger partial charge in [-0.1, -0.05) is 99.4 Å². The Kier molecular flexibility index (Phi) is 11.1. The average Bonchev–Trinajstić information content (AvgIpc) is 3.08. The lowest BCUT2D eigenvalue weighted by Crippen LogP contribution is -2.64. The molecule has 0 spiro atoms. The van der Waals surface area contributed by atoms with E-state index in [1.54, 1.807) is 29.2 Å². The quantitative estimate of drug-likeness (QED) is 0.321. The molecule has 0 unspecified atom stereocenters. The van der Waals surface area contributed by atoms with Crippen molar-refractivity contribution < 1.29 is 21.9 Å². The number of nitrogens with two attached hydrogens (primary N) is 1. The molecule has 0 radical (unpaired) electrons. The van der Waals surface area contributed by atoms with E-state index in [0.717, 1.165) is 49.7 Å². The number of para-hydroxylation sites is 1. The van der Waals surface area contributed by atoms with E-state index >= 15 is 0 Å². The van der Waals surface area contributed by atoms with Gasteiger partial charge in [0.15, 0.2) is 5.75 Å². The maximum absolute atomic E-state index is 14.6. The molecular formula is C35H48ClN5O4. The summed E-state index contributed by atoms with van der Waals surface area (Å²) in [5, 5.41) is 6.65. The topological polar surface area (TPSA) is 117 Å². The van der Waals surface area contributed by atoms with Crippen LogP contribution < -0.4 is 21.1 Å². The number of hydrogen-bond donors (Lipinski definition) is 3. The maximum Gasteiger partial charge on any atom is 0.415 e. The van der Waals surface area contributed by atoms with Crippen LogP contribution in [0.15, 0.2) is 48.5 Å². The van der Waals surface area contributed by atoms with Crippen LogP contribution in [0.25, 0.3) is 0 Å². The summed E-state index contributed by atoms with van der Waals surface area (Å²) in [5.41, 5.74) is 7.58. The number of carbonyl (C=O) groups excluding carboxylic acids is 3. The van der Waals surface area contributed by atoms with Gasteiger partial charge in [0.1, 0.15) is 6.04 Å². The van der Waals surface area contributed by atoms with E-state index in [2.05, 4.69) is 10.6 Å². The SMILES string of the molecule is [2H]C1(C[C@H](NC2([2H])CCCCC2)C(=O)N2CCN(C(=O)Oc3ccccc3Cl)C[C@H]2C(=O)NCc2ccc(CN)cc2)CCCCC1. The first-order valence-electron chi connectivity index (χ1n) is 17.4. The van der Waals surface area contributed by atoms with E-state index in [4.69, 9.17) is 23.4 Å². The van der Waals surface area contributed by atoms with Crippen molar-refractivity contribution in [3.63, 3.8) is 0 Å². The monoisotopic (exact) mass is 639 g/mol. The number of hydrogen-bond acceptors (Lipinski definition) is 6. The van der Waals surface area contributed by atoms with E-state index < -0.39 is 36.0 Å². The summed E-state index contributed by atoms with van der Waals surface area (Å²) in [4.78, 5) is 44.7. The van der Waals surface area contributed by atoms with E-state index in [1.807, 2.05) is 24.3 Å². The molecule has 45 heavy (non-hydrogen) atoms. The Labute approximate surface area is 275 Å². The van der Waals surface area contributed by atoms with Crippen molar-refractivity contribution in [2.24, 2.45) is 11.6 Å². The Morgan fingerprint density at radius 2 is 1.60 bits per heavy atom. The van der Waals surface area contributed by atoms with Gasteiger partial charge in [-0.2, -0.15) is 0 Å². The molecule has 1 saturated heterocycles. The van der Waals surface area contributed by atoms with Crippen LogP contribution in [0.1, 0.15) is 84.5 Å². The molecule has 3 amide bonds. The first kappa shape index (κ1) is 30.5. The van der Waals surface area contributed by atoms with Crippen LogP contribution in [0.4, 0.5) is 4.79 Å². The van der Waals surface area contributed by atoms with Gasteiger partial charge in [-0.3, -0.25) is 9.59 Å². The van der Waals surface area contributed by atoms with Gasteiger partial charge in [-0.15, -0.1) is 0 Å². The number of amides is 3. The number of ether oxygens (including phenoxy) is 1. The fourth-order valence-corrected chi connectivity index (χ4v) is 6.71. The highest BCUT2D eigenvalue weighted by molar-refractivity contribution is 6.32. The minimum absolute atomic E-state index is 0.0717. The standard InChI is InChI=1S/C35H48ClN5O4/c36-29-13-7-8-14-32(29)45-35(44)40-19-20-41(31(24-40)33(42)38-23-27-17-15-26(22-37)16-18-27)34(43)30(21-25-9-3-1-4-10-25)39-28-11-5-2-6-12-28/h7-8,13-18,25,28,30-31,39H,1-6,9-12,19-24,37H2,(H,38,42)/t30-,31-/m0/s1/i25D,28D. The molecule has 2 aromatic carbocycles. The van der Waals surface area contributed by atoms with Gasteiger partial charge in [-0.25, -0.2) is 4.79 Å². The van der Waals surface area contributed by atoms with E-state index in [9.17, 15) is 15.8 Å². The molecule has 10 heteroatoms. The number of rotatable bonds is 10. The van der Waals surface area contributed by atoms with Crippen LogP contribution in [-0.2, 0) is 22.7 Å². The lowest BCUT2D eigenvalue weighted by atomic mass is 9.83. The zero-order valence-electron chi connectivity index (χ0n) is 28.1. The van der Waals surface area contributed by atoms with Crippen molar-refractivity contribution in [1.82, 2.24) is 20.4 Å². The molecule has 4 N–H and O–H groups in total. The Balaban J connectivity index is 1.37. The average molecular weight is 640 g/mol. The summed E-state index contributed by atoms with van der Waals surface area (Å²) in [5.74, 6) is -1.26. The maximum atomic E-state index is 14.6. The first-order chi connectivity index (χ1) is 22.6. The Morgan fingerprint density at radius 1 is 0.933 bits per heavy atom. The third-order valence-corrected chi connectivity index (χ3v) is 9.48.